The van der Waals surface area contributed by atoms with E-state index in [-0.39, 0.29) is 32.6 Å². The number of esters is 2. The lowest BCUT2D eigenvalue weighted by atomic mass is 10.1. The number of unbranched alkanes of at least 4 members (excludes halogenated alkanes) is 11. The predicted octanol–water partition coefficient (Wildman–Crippen LogP) is 12.0. The molecule has 9 nitrogen and oxygen atoms in total. The zero-order chi connectivity index (χ0) is 40.3. The van der Waals surface area contributed by atoms with Gasteiger partial charge in [-0.3, -0.25) is 18.6 Å². The van der Waals surface area contributed by atoms with Crippen LogP contribution in [0.15, 0.2) is 85.1 Å². The minimum atomic E-state index is -4.39. The van der Waals surface area contributed by atoms with Crippen LogP contribution in [0.1, 0.15) is 155 Å². The summed E-state index contributed by atoms with van der Waals surface area (Å²) in [7, 11) is -4.39. The number of hydrogen-bond donors (Lipinski definition) is 2. The largest absolute Gasteiger partial charge is 0.472 e. The molecule has 0 saturated carbocycles. The van der Waals surface area contributed by atoms with Crippen LogP contribution in [0.25, 0.3) is 0 Å². The van der Waals surface area contributed by atoms with Crippen LogP contribution in [0.3, 0.4) is 0 Å². The van der Waals surface area contributed by atoms with Crippen molar-refractivity contribution in [2.24, 2.45) is 5.73 Å². The quantitative estimate of drug-likeness (QED) is 0.0271. The van der Waals surface area contributed by atoms with Crippen LogP contribution in [0.4, 0.5) is 0 Å². The van der Waals surface area contributed by atoms with E-state index in [1.54, 1.807) is 0 Å². The number of phosphoric ester groups is 1. The van der Waals surface area contributed by atoms with E-state index in [1.165, 1.54) is 25.7 Å². The maximum absolute atomic E-state index is 12.6. The highest BCUT2D eigenvalue weighted by Gasteiger charge is 2.25. The van der Waals surface area contributed by atoms with Gasteiger partial charge >= 0.3 is 19.8 Å². The fourth-order valence-corrected chi connectivity index (χ4v) is 5.99. The van der Waals surface area contributed by atoms with Gasteiger partial charge in [0.2, 0.25) is 0 Å². The minimum Gasteiger partial charge on any atom is -0.462 e. The number of nitrogens with two attached hydrogens (primary N) is 1. The number of allylic oxidation sites excluding steroid dienone is 14. The molecule has 10 heteroatoms. The highest BCUT2D eigenvalue weighted by atomic mass is 31.2. The third kappa shape index (κ3) is 40.7. The van der Waals surface area contributed by atoms with Gasteiger partial charge in [-0.25, -0.2) is 4.57 Å². The molecule has 0 spiro atoms. The molecule has 0 fully saturated rings. The molecule has 0 aliphatic heterocycles. The summed E-state index contributed by atoms with van der Waals surface area (Å²) in [6.45, 7) is 3.44. The van der Waals surface area contributed by atoms with Gasteiger partial charge in [-0.15, -0.1) is 0 Å². The Hall–Kier alpha value is -2.81. The van der Waals surface area contributed by atoms with Crippen molar-refractivity contribution in [1.82, 2.24) is 0 Å². The molecule has 2 atom stereocenters. The average Bonchev–Trinajstić information content (AvgIpc) is 3.17. The van der Waals surface area contributed by atoms with E-state index in [0.29, 0.717) is 12.8 Å². The second-order valence-corrected chi connectivity index (χ2v) is 14.9. The van der Waals surface area contributed by atoms with E-state index in [4.69, 9.17) is 24.3 Å². The molecule has 55 heavy (non-hydrogen) atoms. The number of carbonyl (C=O) groups excluding carboxylic acids is 2. The summed E-state index contributed by atoms with van der Waals surface area (Å²) < 4.78 is 32.7. The molecule has 0 bridgehead atoms. The summed E-state index contributed by atoms with van der Waals surface area (Å²) in [5, 5.41) is 0. The second-order valence-electron chi connectivity index (χ2n) is 13.4. The molecule has 2 unspecified atom stereocenters. The fourth-order valence-electron chi connectivity index (χ4n) is 5.23. The normalized spacial score (nSPS) is 14.2. The van der Waals surface area contributed by atoms with Crippen LogP contribution in [0.5, 0.6) is 0 Å². The lowest BCUT2D eigenvalue weighted by Crippen LogP contribution is -2.29. The van der Waals surface area contributed by atoms with E-state index >= 15 is 0 Å². The Morgan fingerprint density at radius 1 is 0.545 bits per heavy atom. The zero-order valence-electron chi connectivity index (χ0n) is 34.4. The molecule has 0 aromatic carbocycles. The van der Waals surface area contributed by atoms with Crippen LogP contribution >= 0.6 is 7.82 Å². The monoisotopic (exact) mass is 790 g/mol. The van der Waals surface area contributed by atoms with Gasteiger partial charge in [-0.2, -0.15) is 0 Å². The number of rotatable bonds is 38. The number of hydrogen-bond acceptors (Lipinski definition) is 8. The summed E-state index contributed by atoms with van der Waals surface area (Å²) in [6, 6.07) is 0. The Balaban J connectivity index is 4.21. The van der Waals surface area contributed by atoms with E-state index in [9.17, 15) is 19.0 Å². The molecular weight excluding hydrogens is 713 g/mol. The topological polar surface area (TPSA) is 134 Å². The molecule has 0 rings (SSSR count). The van der Waals surface area contributed by atoms with Crippen LogP contribution in [0, 0.1) is 0 Å². The van der Waals surface area contributed by atoms with Gasteiger partial charge in [0.1, 0.15) is 6.61 Å². The highest BCUT2D eigenvalue weighted by Crippen LogP contribution is 2.43. The Kier molecular flexibility index (Phi) is 38.8. The van der Waals surface area contributed by atoms with Crippen molar-refractivity contribution < 1.29 is 37.6 Å². The van der Waals surface area contributed by atoms with Crippen LogP contribution in [0.2, 0.25) is 0 Å². The lowest BCUT2D eigenvalue weighted by molar-refractivity contribution is -0.161. The molecule has 0 aliphatic rings. The summed E-state index contributed by atoms with van der Waals surface area (Å²) in [5.74, 6) is -0.881. The predicted molar refractivity (Wildman–Crippen MR) is 229 cm³/mol. The Morgan fingerprint density at radius 3 is 1.42 bits per heavy atom. The number of ether oxygens (including phenoxy) is 2. The molecule has 0 amide bonds. The van der Waals surface area contributed by atoms with E-state index in [2.05, 4.69) is 98.9 Å². The van der Waals surface area contributed by atoms with Crippen LogP contribution < -0.4 is 5.73 Å². The van der Waals surface area contributed by atoms with Crippen LogP contribution in [-0.4, -0.2) is 49.3 Å². The molecule has 0 radical (unpaired) electrons. The third-order valence-corrected chi connectivity index (χ3v) is 9.26. The van der Waals surface area contributed by atoms with E-state index < -0.39 is 32.5 Å². The average molecular weight is 790 g/mol. The van der Waals surface area contributed by atoms with Gasteiger partial charge in [0.25, 0.3) is 0 Å². The number of phosphoric acid groups is 1. The first-order chi connectivity index (χ1) is 26.8. The molecular formula is C45H76NO8P. The Morgan fingerprint density at radius 2 is 0.945 bits per heavy atom. The van der Waals surface area contributed by atoms with Gasteiger partial charge in [0, 0.05) is 19.4 Å². The highest BCUT2D eigenvalue weighted by molar-refractivity contribution is 7.47. The lowest BCUT2D eigenvalue weighted by Gasteiger charge is -2.19. The number of carbonyl (C=O) groups is 2. The van der Waals surface area contributed by atoms with Crippen molar-refractivity contribution in [3.63, 3.8) is 0 Å². The smallest absolute Gasteiger partial charge is 0.462 e. The molecule has 0 aromatic rings. The second kappa shape index (κ2) is 40.8. The standard InChI is InChI=1S/C45H76NO8P/c1-3-5-7-9-11-13-15-17-18-19-20-21-22-23-24-26-28-30-32-34-36-38-45(48)54-43(42-53-55(49,50)52-40-39-46)41-51-44(47)37-35-33-31-29-27-25-16-14-12-10-8-6-4-2/h5-8,11-14,17-18,20-21,25,27,43H,3-4,9-10,15-16,19,22-24,26,28-42,46H2,1-2H3,(H,49,50)/b7-5-,8-6-,13-11-,14-12-,18-17-,21-20-,27-25-. The molecule has 314 valence electrons. The summed E-state index contributed by atoms with van der Waals surface area (Å²) in [4.78, 5) is 34.8. The maximum atomic E-state index is 12.6. The maximum Gasteiger partial charge on any atom is 0.472 e. The molecule has 3 N–H and O–H groups in total. The van der Waals surface area contributed by atoms with Crippen molar-refractivity contribution in [3.05, 3.63) is 85.1 Å². The van der Waals surface area contributed by atoms with Crippen molar-refractivity contribution in [2.75, 3.05) is 26.4 Å². The fraction of sp³-hybridized carbons (Fsp3) is 0.644. The summed E-state index contributed by atoms with van der Waals surface area (Å²) >= 11 is 0. The molecule has 0 aliphatic carbocycles. The van der Waals surface area contributed by atoms with Gasteiger partial charge in [0.05, 0.1) is 13.2 Å². The minimum absolute atomic E-state index is 0.0431. The first-order valence-corrected chi connectivity index (χ1v) is 22.6. The first-order valence-electron chi connectivity index (χ1n) is 21.1. The summed E-state index contributed by atoms with van der Waals surface area (Å²) in [5.41, 5.74) is 5.34. The third-order valence-electron chi connectivity index (χ3n) is 8.28. The van der Waals surface area contributed by atoms with Gasteiger partial charge in [-0.1, -0.05) is 144 Å². The SMILES string of the molecule is CC/C=C\C/C=C\C/C=C\C/C=C\CCCCCCCCCCC(=O)OC(COC(=O)CCCCC/C=C\C/C=C\C/C=C\CC)COP(=O)(O)OCCN. The van der Waals surface area contributed by atoms with Crippen LogP contribution in [-0.2, 0) is 32.7 Å². The van der Waals surface area contributed by atoms with Crippen molar-refractivity contribution in [3.8, 4) is 0 Å². The van der Waals surface area contributed by atoms with Crippen molar-refractivity contribution in [1.29, 1.82) is 0 Å². The van der Waals surface area contributed by atoms with Crippen molar-refractivity contribution >= 4 is 19.8 Å². The van der Waals surface area contributed by atoms with Gasteiger partial charge in [-0.05, 0) is 83.5 Å². The first kappa shape index (κ1) is 52.2. The van der Waals surface area contributed by atoms with Gasteiger partial charge < -0.3 is 20.1 Å². The zero-order valence-corrected chi connectivity index (χ0v) is 35.3. The Labute approximate surface area is 334 Å². The van der Waals surface area contributed by atoms with Crippen molar-refractivity contribution in [2.45, 2.75) is 161 Å². The molecule has 0 heterocycles. The Bertz CT molecular complexity index is 1170. The van der Waals surface area contributed by atoms with Gasteiger partial charge in [0.15, 0.2) is 6.10 Å². The molecule has 0 aromatic heterocycles. The van der Waals surface area contributed by atoms with E-state index in [0.717, 1.165) is 89.9 Å². The molecule has 0 saturated heterocycles. The summed E-state index contributed by atoms with van der Waals surface area (Å²) in [6.07, 6.45) is 50.4. The van der Waals surface area contributed by atoms with E-state index in [1.807, 2.05) is 0 Å².